The number of para-hydroxylation sites is 15. The van der Waals surface area contributed by atoms with Crippen molar-refractivity contribution in [2.75, 3.05) is 29.4 Å². The lowest BCUT2D eigenvalue weighted by Gasteiger charge is -2.41. The summed E-state index contributed by atoms with van der Waals surface area (Å²) in [6.45, 7) is 0. The maximum atomic E-state index is 5.60. The van der Waals surface area contributed by atoms with Gasteiger partial charge in [-0.15, -0.1) is 0 Å². The summed E-state index contributed by atoms with van der Waals surface area (Å²) in [7, 11) is 0. The Balaban J connectivity index is 1.09. The van der Waals surface area contributed by atoms with Gasteiger partial charge >= 0.3 is 0 Å². The van der Waals surface area contributed by atoms with E-state index < -0.39 is 0 Å². The van der Waals surface area contributed by atoms with Crippen LogP contribution in [0.5, 0.6) is 0 Å². The number of fused-ring (bicyclic) bond motifs is 6. The minimum absolute atomic E-state index is 0.475. The lowest BCUT2D eigenvalue weighted by Crippen LogP contribution is -2.29. The molecule has 0 unspecified atom stereocenters. The van der Waals surface area contributed by atoms with Crippen LogP contribution in [0, 0.1) is 0 Å². The quantitative estimate of drug-likeness (QED) is 0.163. The van der Waals surface area contributed by atoms with Gasteiger partial charge in [-0.2, -0.15) is 15.0 Å². The van der Waals surface area contributed by atoms with E-state index in [1.54, 1.807) is 0 Å². The van der Waals surface area contributed by atoms with Crippen LogP contribution in [0.15, 0.2) is 237 Å². The average Bonchev–Trinajstić information content (AvgIpc) is 3.39. The highest BCUT2D eigenvalue weighted by Crippen LogP contribution is 2.58. The second-order valence-electron chi connectivity index (χ2n) is 16.2. The lowest BCUT2D eigenvalue weighted by molar-refractivity contribution is 0.950. The molecule has 312 valence electrons. The monoisotopic (exact) mass is 849 g/mol. The third-order valence-corrected chi connectivity index (χ3v) is 12.4. The first kappa shape index (κ1) is 37.4. The molecular formula is C57H39N9. The molecule has 0 saturated heterocycles. The normalized spacial score (nSPS) is 13.3. The third kappa shape index (κ3) is 5.84. The Kier molecular flexibility index (Phi) is 8.63. The molecule has 0 spiro atoms. The van der Waals surface area contributed by atoms with Crippen molar-refractivity contribution in [3.8, 4) is 0 Å². The van der Waals surface area contributed by atoms with E-state index in [2.05, 4.69) is 266 Å². The van der Waals surface area contributed by atoms with Crippen LogP contribution in [0.3, 0.4) is 0 Å². The van der Waals surface area contributed by atoms with Crippen molar-refractivity contribution < 1.29 is 0 Å². The molecule has 10 aromatic rings. The third-order valence-electron chi connectivity index (χ3n) is 12.4. The smallest absolute Gasteiger partial charge is 0.241 e. The predicted octanol–water partition coefficient (Wildman–Crippen LogP) is 15.6. The molecule has 0 radical (unpaired) electrons. The summed E-state index contributed by atoms with van der Waals surface area (Å²) in [4.78, 5) is 30.3. The van der Waals surface area contributed by atoms with Crippen LogP contribution < -0.4 is 29.4 Å². The molecule has 0 saturated carbocycles. The summed E-state index contributed by atoms with van der Waals surface area (Å²) in [6, 6.07) is 82.4. The number of aromatic nitrogens is 3. The van der Waals surface area contributed by atoms with Gasteiger partial charge in [0.2, 0.25) is 17.8 Å². The van der Waals surface area contributed by atoms with Crippen LogP contribution >= 0.6 is 0 Å². The molecule has 0 N–H and O–H groups in total. The van der Waals surface area contributed by atoms with Crippen LogP contribution in [0.2, 0.25) is 0 Å². The summed E-state index contributed by atoms with van der Waals surface area (Å²) >= 11 is 0. The Morgan fingerprint density at radius 3 is 0.500 bits per heavy atom. The molecule has 9 aromatic carbocycles. The average molecular weight is 850 g/mol. The first-order chi connectivity index (χ1) is 32.8. The summed E-state index contributed by atoms with van der Waals surface area (Å²) in [6.07, 6.45) is 0. The fourth-order valence-corrected chi connectivity index (χ4v) is 9.69. The van der Waals surface area contributed by atoms with E-state index in [0.29, 0.717) is 17.8 Å². The zero-order valence-corrected chi connectivity index (χ0v) is 35.5. The van der Waals surface area contributed by atoms with Gasteiger partial charge in [-0.25, -0.2) is 0 Å². The molecule has 13 rings (SSSR count). The van der Waals surface area contributed by atoms with E-state index >= 15 is 0 Å². The van der Waals surface area contributed by atoms with E-state index in [-0.39, 0.29) is 0 Å². The van der Waals surface area contributed by atoms with Crippen molar-refractivity contribution in [2.45, 2.75) is 0 Å². The molecule has 0 fully saturated rings. The van der Waals surface area contributed by atoms with Crippen molar-refractivity contribution in [1.82, 2.24) is 15.0 Å². The van der Waals surface area contributed by atoms with Crippen molar-refractivity contribution >= 4 is 103 Å². The summed E-state index contributed by atoms with van der Waals surface area (Å²) in [5.41, 5.74) is 14.8. The lowest BCUT2D eigenvalue weighted by atomic mass is 10.1. The fourth-order valence-electron chi connectivity index (χ4n) is 9.69. The molecule has 66 heavy (non-hydrogen) atoms. The maximum absolute atomic E-state index is 5.60. The number of hydrogen-bond acceptors (Lipinski definition) is 9. The zero-order chi connectivity index (χ0) is 43.6. The molecule has 9 nitrogen and oxygen atoms in total. The van der Waals surface area contributed by atoms with Crippen LogP contribution in [0.25, 0.3) is 0 Å². The van der Waals surface area contributed by atoms with Crippen molar-refractivity contribution in [3.63, 3.8) is 0 Å². The Morgan fingerprint density at radius 2 is 0.318 bits per heavy atom. The van der Waals surface area contributed by atoms with Crippen LogP contribution in [0.4, 0.5) is 103 Å². The molecule has 9 heteroatoms. The number of nitrogens with zero attached hydrogens (tertiary/aromatic N) is 9. The highest BCUT2D eigenvalue weighted by atomic mass is 15.4. The minimum atomic E-state index is 0.475. The topological polar surface area (TPSA) is 58.1 Å². The molecule has 0 amide bonds. The SMILES string of the molecule is c1ccc(N2c3ccccc3N(c3nc(N4c5ccccc5N(c5ccccc5)c5ccccc54)nc(N4c5ccccc5N(c5ccccc5)c5ccccc54)n3)c3ccccc32)cc1. The molecule has 0 aliphatic carbocycles. The van der Waals surface area contributed by atoms with Gasteiger partial charge in [0.05, 0.1) is 68.2 Å². The van der Waals surface area contributed by atoms with Gasteiger partial charge in [0.25, 0.3) is 0 Å². The first-order valence-corrected chi connectivity index (χ1v) is 22.1. The van der Waals surface area contributed by atoms with Crippen LogP contribution in [0.1, 0.15) is 0 Å². The van der Waals surface area contributed by atoms with E-state index in [0.717, 1.165) is 85.3 Å². The van der Waals surface area contributed by atoms with Crippen molar-refractivity contribution in [1.29, 1.82) is 0 Å². The van der Waals surface area contributed by atoms with Gasteiger partial charge in [-0.1, -0.05) is 127 Å². The largest absolute Gasteiger partial charge is 0.306 e. The Morgan fingerprint density at radius 1 is 0.167 bits per heavy atom. The Labute approximate surface area is 382 Å². The molecular weight excluding hydrogens is 811 g/mol. The first-order valence-electron chi connectivity index (χ1n) is 22.1. The molecule has 3 aliphatic rings. The standard InChI is InChI=1S/C57H39N9/c1-4-22-40(23-5-1)61-43-28-10-16-34-49(43)64(50-35-17-11-29-44(50)61)55-58-56(65-51-36-18-12-30-45(51)62(41-24-6-2-7-25-41)46-31-13-19-37-52(46)65)60-57(59-55)66-53-38-20-14-32-47(53)63(42-26-8-3-9-27-42)48-33-15-21-39-54(48)66/h1-39H. The molecule has 0 bridgehead atoms. The summed E-state index contributed by atoms with van der Waals surface area (Å²) in [5, 5.41) is 0. The number of benzene rings is 9. The number of anilines is 18. The second-order valence-corrected chi connectivity index (χ2v) is 16.2. The van der Waals surface area contributed by atoms with E-state index in [9.17, 15) is 0 Å². The Bertz CT molecular complexity index is 2920. The minimum Gasteiger partial charge on any atom is -0.306 e. The Hall–Kier alpha value is -9.21. The van der Waals surface area contributed by atoms with Gasteiger partial charge in [0.15, 0.2) is 0 Å². The van der Waals surface area contributed by atoms with Gasteiger partial charge in [0, 0.05) is 17.1 Å². The van der Waals surface area contributed by atoms with E-state index in [1.165, 1.54) is 0 Å². The molecule has 0 atom stereocenters. The summed E-state index contributed by atoms with van der Waals surface area (Å²) < 4.78 is 0. The number of rotatable bonds is 6. The van der Waals surface area contributed by atoms with Crippen LogP contribution in [-0.4, -0.2) is 15.0 Å². The van der Waals surface area contributed by atoms with Crippen molar-refractivity contribution in [3.05, 3.63) is 237 Å². The second kappa shape index (κ2) is 15.3. The predicted molar refractivity (Wildman–Crippen MR) is 269 cm³/mol. The number of hydrogen-bond donors (Lipinski definition) is 0. The van der Waals surface area contributed by atoms with Gasteiger partial charge in [-0.3, -0.25) is 14.7 Å². The van der Waals surface area contributed by atoms with Gasteiger partial charge < -0.3 is 14.7 Å². The van der Waals surface area contributed by atoms with E-state index in [1.807, 2.05) is 0 Å². The highest BCUT2D eigenvalue weighted by Gasteiger charge is 2.38. The molecule has 3 aliphatic heterocycles. The van der Waals surface area contributed by atoms with E-state index in [4.69, 9.17) is 15.0 Å². The van der Waals surface area contributed by atoms with Gasteiger partial charge in [-0.05, 0) is 109 Å². The highest BCUT2D eigenvalue weighted by molar-refractivity contribution is 6.04. The summed E-state index contributed by atoms with van der Waals surface area (Å²) in [5.74, 6) is 1.43. The van der Waals surface area contributed by atoms with Crippen molar-refractivity contribution in [2.24, 2.45) is 0 Å². The van der Waals surface area contributed by atoms with Crippen LogP contribution in [-0.2, 0) is 0 Å². The molecule has 1 aromatic heterocycles. The molecule has 4 heterocycles. The maximum Gasteiger partial charge on any atom is 0.241 e. The fraction of sp³-hybridized carbons (Fsp3) is 0. The van der Waals surface area contributed by atoms with Gasteiger partial charge in [0.1, 0.15) is 0 Å². The zero-order valence-electron chi connectivity index (χ0n) is 35.5.